The number of hydrogen-bond donors (Lipinski definition) is 0. The van der Waals surface area contributed by atoms with Gasteiger partial charge in [-0.15, -0.1) is 69.1 Å². The van der Waals surface area contributed by atoms with Gasteiger partial charge in [-0.05, 0) is 32.7 Å². The van der Waals surface area contributed by atoms with Crippen molar-refractivity contribution in [1.29, 1.82) is 0 Å². The summed E-state index contributed by atoms with van der Waals surface area (Å²) in [7, 11) is 11.1. The first kappa shape index (κ1) is 32.3. The molecule has 8 rings (SSSR count). The number of hydrogen-bond acceptors (Lipinski definition) is 0. The van der Waals surface area contributed by atoms with Crippen LogP contribution in [0.1, 0.15) is 25.0 Å². The van der Waals surface area contributed by atoms with E-state index in [4.69, 9.17) is 17.0 Å². The molecule has 3 heteroatoms. The minimum atomic E-state index is -1.84. The van der Waals surface area contributed by atoms with Crippen LogP contribution in [-0.2, 0) is 18.9 Å². The number of halogens is 2. The summed E-state index contributed by atoms with van der Waals surface area (Å²) < 4.78 is 1.24. The van der Waals surface area contributed by atoms with E-state index in [0.717, 1.165) is 0 Å². The first-order chi connectivity index (χ1) is 22.3. The molecule has 0 aliphatic rings. The normalized spacial score (nSPS) is 10.8. The minimum absolute atomic E-state index is 1.24. The molecular formula is C43H36Cl2Zr-2. The van der Waals surface area contributed by atoms with E-state index >= 15 is 0 Å². The third-order valence-electron chi connectivity index (χ3n) is 8.33. The molecule has 0 fully saturated rings. The van der Waals surface area contributed by atoms with Crippen LogP contribution in [0.5, 0.6) is 0 Å². The maximum Gasteiger partial charge on any atom is -0.0114 e. The molecule has 8 aromatic rings. The van der Waals surface area contributed by atoms with Crippen molar-refractivity contribution in [3.05, 3.63) is 157 Å². The molecule has 46 heavy (non-hydrogen) atoms. The minimum Gasteiger partial charge on any atom is -0.165 e. The summed E-state index contributed by atoms with van der Waals surface area (Å²) >= 11 is -1.84. The number of rotatable bonds is 2. The van der Waals surface area contributed by atoms with Crippen molar-refractivity contribution in [2.24, 2.45) is 0 Å². The number of fused-ring (bicyclic) bond motifs is 4. The topological polar surface area (TPSA) is 0 Å². The molecule has 0 atom stereocenters. The van der Waals surface area contributed by atoms with Gasteiger partial charge in [0.1, 0.15) is 0 Å². The molecule has 0 N–H and O–H groups in total. The molecule has 228 valence electrons. The maximum absolute atomic E-state index is 5.54. The molecule has 0 nitrogen and oxygen atoms in total. The van der Waals surface area contributed by atoms with Crippen molar-refractivity contribution in [2.45, 2.75) is 27.7 Å². The summed E-state index contributed by atoms with van der Waals surface area (Å²) in [6.45, 7) is 8.28. The van der Waals surface area contributed by atoms with Crippen molar-refractivity contribution in [2.75, 3.05) is 0 Å². The Kier molecular flexibility index (Phi) is 10.2. The van der Waals surface area contributed by atoms with Crippen LogP contribution < -0.4 is 0 Å². The van der Waals surface area contributed by atoms with Gasteiger partial charge in [0, 0.05) is 0 Å². The van der Waals surface area contributed by atoms with E-state index in [1.165, 1.54) is 79.7 Å². The predicted octanol–water partition coefficient (Wildman–Crippen LogP) is 13.5. The zero-order valence-corrected chi connectivity index (χ0v) is 30.6. The second-order valence-corrected chi connectivity index (χ2v) is 21.4. The number of aryl methyl sites for hydroxylation is 2. The van der Waals surface area contributed by atoms with Gasteiger partial charge >= 0.3 is 53.0 Å². The Morgan fingerprint density at radius 2 is 0.783 bits per heavy atom. The maximum atomic E-state index is 5.54. The quantitative estimate of drug-likeness (QED) is 0.156. The van der Waals surface area contributed by atoms with Gasteiger partial charge in [-0.25, -0.2) is 0 Å². The Hall–Kier alpha value is -3.61. The predicted molar refractivity (Wildman–Crippen MR) is 203 cm³/mol. The fourth-order valence-corrected chi connectivity index (χ4v) is 6.16. The Labute approximate surface area is 286 Å². The second-order valence-electron chi connectivity index (χ2n) is 12.0. The van der Waals surface area contributed by atoms with E-state index in [2.05, 4.69) is 159 Å². The molecule has 0 bridgehead atoms. The van der Waals surface area contributed by atoms with Crippen molar-refractivity contribution < 1.29 is 18.9 Å². The summed E-state index contributed by atoms with van der Waals surface area (Å²) in [6, 6.07) is 52.5. The molecule has 0 aliphatic heterocycles. The van der Waals surface area contributed by atoms with Crippen LogP contribution in [0, 0.1) is 13.8 Å². The molecule has 0 radical (unpaired) electrons. The fourth-order valence-electron chi connectivity index (χ4n) is 6.16. The molecular weight excluding hydrogens is 679 g/mol. The zero-order valence-electron chi connectivity index (χ0n) is 26.6. The van der Waals surface area contributed by atoms with Gasteiger partial charge in [-0.2, -0.15) is 12.1 Å². The summed E-state index contributed by atoms with van der Waals surface area (Å²) in [4.78, 5) is 0. The zero-order chi connectivity index (χ0) is 32.2. The van der Waals surface area contributed by atoms with Gasteiger partial charge in [-0.1, -0.05) is 122 Å². The summed E-state index contributed by atoms with van der Waals surface area (Å²) in [5.41, 5.74) is 7.94. The van der Waals surface area contributed by atoms with Crippen LogP contribution in [0.3, 0.4) is 0 Å². The van der Waals surface area contributed by atoms with E-state index in [9.17, 15) is 0 Å². The third-order valence-corrected chi connectivity index (χ3v) is 14.7. The van der Waals surface area contributed by atoms with E-state index in [1.54, 1.807) is 0 Å². The van der Waals surface area contributed by atoms with Crippen molar-refractivity contribution in [3.63, 3.8) is 0 Å². The van der Waals surface area contributed by atoms with Gasteiger partial charge in [0.2, 0.25) is 0 Å². The van der Waals surface area contributed by atoms with Crippen molar-refractivity contribution in [3.8, 4) is 22.3 Å². The van der Waals surface area contributed by atoms with E-state index in [-0.39, 0.29) is 0 Å². The van der Waals surface area contributed by atoms with Crippen LogP contribution in [-0.4, -0.2) is 3.21 Å². The van der Waals surface area contributed by atoms with Crippen molar-refractivity contribution >= 4 is 63.3 Å². The van der Waals surface area contributed by atoms with Gasteiger partial charge in [0.15, 0.2) is 0 Å². The second kappa shape index (κ2) is 14.4. The van der Waals surface area contributed by atoms with Gasteiger partial charge in [0.25, 0.3) is 0 Å². The van der Waals surface area contributed by atoms with Gasteiger partial charge < -0.3 is 0 Å². The molecule has 0 heterocycles. The van der Waals surface area contributed by atoms with Crippen LogP contribution >= 0.6 is 17.0 Å². The molecule has 0 unspecified atom stereocenters. The molecule has 0 saturated heterocycles. The van der Waals surface area contributed by atoms with Crippen molar-refractivity contribution in [1.82, 2.24) is 0 Å². The number of benzene rings is 6. The molecule has 8 aromatic carbocycles. The van der Waals surface area contributed by atoms with Gasteiger partial charge in [0.05, 0.1) is 0 Å². The van der Waals surface area contributed by atoms with Crippen LogP contribution in [0.2, 0.25) is 0 Å². The summed E-state index contributed by atoms with van der Waals surface area (Å²) in [6.07, 6.45) is 0. The Bertz CT molecular complexity index is 2150. The van der Waals surface area contributed by atoms with Crippen LogP contribution in [0.25, 0.3) is 65.3 Å². The first-order valence-electron chi connectivity index (χ1n) is 15.6. The fraction of sp³-hybridized carbons (Fsp3) is 0.0930. The third kappa shape index (κ3) is 7.04. The standard InChI is InChI=1S/2C20H15.C3H6.2ClH.Zr/c2*1-14-12-16-8-5-11-19(20(16)13-14)18-10-4-7-15-6-2-3-9-17(15)18;1-3-2;;;/h2*2-13H,1H3;1-2H3;2*1H;/q2*-1;;;;+2/p-2. The van der Waals surface area contributed by atoms with Crippen LogP contribution in [0.4, 0.5) is 0 Å². The SMILES string of the molecule is C[C](C)=[Zr]([Cl])[Cl].Cc1cc2c(-c3cccc4ccccc34)cccc2[cH-]1.Cc1cc2c(-c3cccc4ccccc34)cccc2[cH-]1. The van der Waals surface area contributed by atoms with Gasteiger partial charge in [-0.3, -0.25) is 0 Å². The van der Waals surface area contributed by atoms with E-state index in [1.807, 2.05) is 13.8 Å². The molecule has 0 saturated carbocycles. The average Bonchev–Trinajstić information content (AvgIpc) is 3.65. The summed E-state index contributed by atoms with van der Waals surface area (Å²) in [5.74, 6) is 0. The first-order valence-corrected chi connectivity index (χ1v) is 23.1. The molecule has 0 aromatic heterocycles. The Morgan fingerprint density at radius 3 is 1.17 bits per heavy atom. The molecule has 0 amide bonds. The summed E-state index contributed by atoms with van der Waals surface area (Å²) in [5, 5.41) is 10.6. The van der Waals surface area contributed by atoms with E-state index in [0.29, 0.717) is 0 Å². The Morgan fingerprint density at radius 1 is 0.457 bits per heavy atom. The molecule has 0 aliphatic carbocycles. The average molecular weight is 715 g/mol. The largest absolute Gasteiger partial charge is 0.165 e. The van der Waals surface area contributed by atoms with Crippen LogP contribution in [0.15, 0.2) is 146 Å². The Balaban J connectivity index is 0.000000138. The monoisotopic (exact) mass is 712 g/mol. The van der Waals surface area contributed by atoms with E-state index < -0.39 is 18.9 Å². The smallest absolute Gasteiger partial charge is 0.0114 e. The molecule has 0 spiro atoms.